The summed E-state index contributed by atoms with van der Waals surface area (Å²) >= 11 is 5.00. The predicted octanol–water partition coefficient (Wildman–Crippen LogP) is 3.83. The van der Waals surface area contributed by atoms with E-state index < -0.39 is 0 Å². The monoisotopic (exact) mass is 334 g/mol. The number of hydrogen-bond donors (Lipinski definition) is 1. The summed E-state index contributed by atoms with van der Waals surface area (Å²) in [4.78, 5) is 16.2. The van der Waals surface area contributed by atoms with E-state index in [1.807, 2.05) is 24.4 Å². The number of imidazole rings is 1. The molecule has 6 heteroatoms. The molecule has 3 aromatic rings. The summed E-state index contributed by atoms with van der Waals surface area (Å²) in [6.07, 6.45) is 4.40. The normalized spacial score (nSPS) is 11.1. The minimum atomic E-state index is 0.858. The smallest absolute Gasteiger partial charge is 0.171 e. The van der Waals surface area contributed by atoms with Gasteiger partial charge in [0, 0.05) is 21.7 Å². The molecule has 4 nitrogen and oxygen atoms in total. The van der Waals surface area contributed by atoms with Crippen LogP contribution in [0.2, 0.25) is 0 Å². The lowest BCUT2D eigenvalue weighted by molar-refractivity contribution is 0.988. The van der Waals surface area contributed by atoms with Gasteiger partial charge in [-0.25, -0.2) is 15.0 Å². The van der Waals surface area contributed by atoms with E-state index in [-0.39, 0.29) is 0 Å². The van der Waals surface area contributed by atoms with Crippen LogP contribution in [0.1, 0.15) is 12.6 Å². The number of aromatic nitrogens is 4. The van der Waals surface area contributed by atoms with Gasteiger partial charge in [-0.3, -0.25) is 0 Å². The Morgan fingerprint density at radius 3 is 2.95 bits per heavy atom. The second-order valence-electron chi connectivity index (χ2n) is 4.01. The van der Waals surface area contributed by atoms with E-state index in [1.54, 1.807) is 6.33 Å². The van der Waals surface area contributed by atoms with Gasteiger partial charge >= 0.3 is 0 Å². The molecule has 0 bridgehead atoms. The van der Waals surface area contributed by atoms with Crippen molar-refractivity contribution in [3.05, 3.63) is 40.9 Å². The Kier molecular flexibility index (Phi) is 3.52. The summed E-state index contributed by atoms with van der Waals surface area (Å²) in [5, 5.41) is 2.79. The molecule has 0 saturated carbocycles. The maximum atomic E-state index is 4.35. The van der Waals surface area contributed by atoms with E-state index in [2.05, 4.69) is 42.8 Å². The average Bonchev–Trinajstić information content (AvgIpc) is 2.87. The number of nitrogens with one attached hydrogen (secondary N) is 1. The third kappa shape index (κ3) is 2.64. The van der Waals surface area contributed by atoms with E-state index >= 15 is 0 Å². The van der Waals surface area contributed by atoms with Crippen LogP contribution in [0.15, 0.2) is 45.4 Å². The van der Waals surface area contributed by atoms with Gasteiger partial charge in [-0.1, -0.05) is 22.9 Å². The number of aryl methyl sites for hydroxylation is 1. The van der Waals surface area contributed by atoms with E-state index in [1.165, 1.54) is 11.8 Å². The lowest BCUT2D eigenvalue weighted by atomic mass is 10.2. The molecule has 0 amide bonds. The number of H-pyrrole nitrogens is 1. The van der Waals surface area contributed by atoms with Gasteiger partial charge in [0.25, 0.3) is 0 Å². The molecule has 0 radical (unpaired) electrons. The Labute approximate surface area is 123 Å². The summed E-state index contributed by atoms with van der Waals surface area (Å²) in [5.41, 5.74) is 2.06. The van der Waals surface area contributed by atoms with E-state index in [9.17, 15) is 0 Å². The number of hydrogen-bond acceptors (Lipinski definition) is 4. The summed E-state index contributed by atoms with van der Waals surface area (Å²) in [6, 6.07) is 5.98. The van der Waals surface area contributed by atoms with Crippen molar-refractivity contribution in [3.63, 3.8) is 0 Å². The van der Waals surface area contributed by atoms with Gasteiger partial charge in [-0.2, -0.15) is 0 Å². The Bertz CT molecular complexity index is 725. The molecule has 0 unspecified atom stereocenters. The Hall–Kier alpha value is -1.40. The second-order valence-corrected chi connectivity index (χ2v) is 5.90. The first-order valence-electron chi connectivity index (χ1n) is 5.88. The first-order valence-corrected chi connectivity index (χ1v) is 7.49. The predicted molar refractivity (Wildman–Crippen MR) is 79.3 cm³/mol. The van der Waals surface area contributed by atoms with Crippen LogP contribution in [0, 0.1) is 0 Å². The fourth-order valence-corrected chi connectivity index (χ4v) is 2.95. The van der Waals surface area contributed by atoms with Crippen LogP contribution in [0.3, 0.4) is 0 Å². The Morgan fingerprint density at radius 2 is 2.16 bits per heavy atom. The quantitative estimate of drug-likeness (QED) is 0.739. The minimum absolute atomic E-state index is 0.858. The molecule has 0 saturated heterocycles. The molecule has 1 N–H and O–H groups in total. The molecule has 0 fully saturated rings. The first kappa shape index (κ1) is 12.6. The lowest BCUT2D eigenvalue weighted by Gasteiger charge is -2.03. The van der Waals surface area contributed by atoms with Crippen molar-refractivity contribution < 1.29 is 0 Å². The SMILES string of the molecule is CCc1cnc(Sc2ncnc3ccc(Br)cc23)[nH]1. The third-order valence-corrected chi connectivity index (χ3v) is 4.15. The standard InChI is InChI=1S/C13H11BrN4S/c1-2-9-6-15-13(18-9)19-12-10-5-8(14)3-4-11(10)16-7-17-12/h3-7H,2H2,1H3,(H,15,18). The zero-order valence-corrected chi connectivity index (χ0v) is 12.6. The van der Waals surface area contributed by atoms with Crippen molar-refractivity contribution in [1.29, 1.82) is 0 Å². The number of benzene rings is 1. The van der Waals surface area contributed by atoms with Crippen molar-refractivity contribution in [2.24, 2.45) is 0 Å². The molecule has 19 heavy (non-hydrogen) atoms. The van der Waals surface area contributed by atoms with Gasteiger partial charge < -0.3 is 4.98 Å². The highest BCUT2D eigenvalue weighted by molar-refractivity contribution is 9.10. The highest BCUT2D eigenvalue weighted by Gasteiger charge is 2.08. The molecule has 0 aliphatic carbocycles. The fraction of sp³-hybridized carbons (Fsp3) is 0.154. The first-order chi connectivity index (χ1) is 9.26. The minimum Gasteiger partial charge on any atom is -0.337 e. The molecule has 0 spiro atoms. The summed E-state index contributed by atoms with van der Waals surface area (Å²) in [7, 11) is 0. The molecule has 3 rings (SSSR count). The zero-order valence-electron chi connectivity index (χ0n) is 10.2. The number of nitrogens with zero attached hydrogens (tertiary/aromatic N) is 3. The summed E-state index contributed by atoms with van der Waals surface area (Å²) in [5.74, 6) is 0. The molecule has 2 aromatic heterocycles. The number of rotatable bonds is 3. The van der Waals surface area contributed by atoms with Crippen LogP contribution in [0.5, 0.6) is 0 Å². The summed E-state index contributed by atoms with van der Waals surface area (Å²) in [6.45, 7) is 2.10. The fourth-order valence-electron chi connectivity index (χ4n) is 1.75. The lowest BCUT2D eigenvalue weighted by Crippen LogP contribution is -1.88. The van der Waals surface area contributed by atoms with Crippen molar-refractivity contribution in [3.8, 4) is 0 Å². The average molecular weight is 335 g/mol. The molecular formula is C13H11BrN4S. The van der Waals surface area contributed by atoms with Crippen molar-refractivity contribution in [1.82, 2.24) is 19.9 Å². The largest absolute Gasteiger partial charge is 0.337 e. The molecule has 0 atom stereocenters. The number of aromatic amines is 1. The van der Waals surface area contributed by atoms with Crippen LogP contribution in [-0.2, 0) is 6.42 Å². The van der Waals surface area contributed by atoms with Crippen LogP contribution < -0.4 is 0 Å². The maximum absolute atomic E-state index is 4.35. The van der Waals surface area contributed by atoms with E-state index in [0.29, 0.717) is 0 Å². The Morgan fingerprint density at radius 1 is 1.26 bits per heavy atom. The van der Waals surface area contributed by atoms with Gasteiger partial charge in [-0.05, 0) is 36.4 Å². The van der Waals surface area contributed by atoms with E-state index in [0.717, 1.165) is 37.7 Å². The summed E-state index contributed by atoms with van der Waals surface area (Å²) < 4.78 is 1.02. The van der Waals surface area contributed by atoms with Crippen LogP contribution >= 0.6 is 27.7 Å². The van der Waals surface area contributed by atoms with Crippen LogP contribution in [0.25, 0.3) is 10.9 Å². The van der Waals surface area contributed by atoms with Gasteiger partial charge in [0.05, 0.1) is 5.52 Å². The van der Waals surface area contributed by atoms with Crippen molar-refractivity contribution in [2.45, 2.75) is 23.5 Å². The topological polar surface area (TPSA) is 54.5 Å². The molecule has 96 valence electrons. The van der Waals surface area contributed by atoms with Gasteiger partial charge in [0.15, 0.2) is 5.16 Å². The molecule has 0 aliphatic heterocycles. The maximum Gasteiger partial charge on any atom is 0.171 e. The second kappa shape index (κ2) is 5.30. The highest BCUT2D eigenvalue weighted by Crippen LogP contribution is 2.30. The number of halogens is 1. The van der Waals surface area contributed by atoms with E-state index in [4.69, 9.17) is 0 Å². The Balaban J connectivity index is 2.02. The van der Waals surface area contributed by atoms with Gasteiger partial charge in [0.1, 0.15) is 11.4 Å². The van der Waals surface area contributed by atoms with Crippen LogP contribution in [-0.4, -0.2) is 19.9 Å². The van der Waals surface area contributed by atoms with Crippen LogP contribution in [0.4, 0.5) is 0 Å². The van der Waals surface area contributed by atoms with Gasteiger partial charge in [0.2, 0.25) is 0 Å². The third-order valence-electron chi connectivity index (χ3n) is 2.74. The molecule has 0 aliphatic rings. The molecule has 1 aromatic carbocycles. The highest BCUT2D eigenvalue weighted by atomic mass is 79.9. The van der Waals surface area contributed by atoms with Crippen molar-refractivity contribution >= 4 is 38.6 Å². The molecular weight excluding hydrogens is 324 g/mol. The van der Waals surface area contributed by atoms with Gasteiger partial charge in [-0.15, -0.1) is 0 Å². The van der Waals surface area contributed by atoms with Crippen molar-refractivity contribution in [2.75, 3.05) is 0 Å². The number of fused-ring (bicyclic) bond motifs is 1. The molecule has 2 heterocycles. The zero-order chi connectivity index (χ0) is 13.2.